The fourth-order valence-electron chi connectivity index (χ4n) is 3.18. The van der Waals surface area contributed by atoms with Crippen LogP contribution in [0.4, 0.5) is 5.69 Å². The predicted molar refractivity (Wildman–Crippen MR) is 102 cm³/mol. The summed E-state index contributed by atoms with van der Waals surface area (Å²) >= 11 is 0. The van der Waals surface area contributed by atoms with Crippen molar-refractivity contribution in [2.45, 2.75) is 11.3 Å². The van der Waals surface area contributed by atoms with Crippen LogP contribution in [0.3, 0.4) is 0 Å². The zero-order chi connectivity index (χ0) is 18.6. The van der Waals surface area contributed by atoms with Crippen molar-refractivity contribution >= 4 is 21.6 Å². The highest BCUT2D eigenvalue weighted by molar-refractivity contribution is 7.92. The number of hydrogen-bond donors (Lipinski definition) is 2. The van der Waals surface area contributed by atoms with Gasteiger partial charge >= 0.3 is 0 Å². The molecule has 7 heteroatoms. The smallest absolute Gasteiger partial charge is 0.261 e. The Morgan fingerprint density at radius 1 is 1.15 bits per heavy atom. The van der Waals surface area contributed by atoms with E-state index in [1.807, 2.05) is 11.9 Å². The Kier molecular flexibility index (Phi) is 5.58. The molecular weight excluding hydrogens is 350 g/mol. The van der Waals surface area contributed by atoms with Gasteiger partial charge in [-0.05, 0) is 56.3 Å². The molecule has 1 amide bonds. The average molecular weight is 373 g/mol. The summed E-state index contributed by atoms with van der Waals surface area (Å²) in [7, 11) is -1.76. The van der Waals surface area contributed by atoms with E-state index in [9.17, 15) is 13.2 Å². The SMILES string of the molecule is CNCC1CCN(C(=O)c2cccc(NS(=O)(=O)c3ccccc3)c2)C1. The second-order valence-electron chi connectivity index (χ2n) is 6.46. The van der Waals surface area contributed by atoms with Gasteiger partial charge in [0.1, 0.15) is 0 Å². The Balaban J connectivity index is 1.73. The minimum absolute atomic E-state index is 0.0654. The third-order valence-electron chi connectivity index (χ3n) is 4.48. The number of amides is 1. The van der Waals surface area contributed by atoms with E-state index < -0.39 is 10.0 Å². The summed E-state index contributed by atoms with van der Waals surface area (Å²) in [5.74, 6) is 0.396. The first-order valence-electron chi connectivity index (χ1n) is 8.61. The molecule has 0 saturated carbocycles. The van der Waals surface area contributed by atoms with Crippen molar-refractivity contribution in [1.82, 2.24) is 10.2 Å². The van der Waals surface area contributed by atoms with Gasteiger partial charge in [-0.2, -0.15) is 0 Å². The number of nitrogens with one attached hydrogen (secondary N) is 2. The number of benzene rings is 2. The summed E-state index contributed by atoms with van der Waals surface area (Å²) in [6, 6.07) is 14.8. The number of likely N-dealkylation sites (tertiary alicyclic amines) is 1. The molecule has 1 aliphatic heterocycles. The molecule has 1 aliphatic rings. The summed E-state index contributed by atoms with van der Waals surface area (Å²) < 4.78 is 27.4. The molecule has 138 valence electrons. The summed E-state index contributed by atoms with van der Waals surface area (Å²) in [5, 5.41) is 3.14. The summed E-state index contributed by atoms with van der Waals surface area (Å²) in [6.45, 7) is 2.34. The van der Waals surface area contributed by atoms with E-state index in [4.69, 9.17) is 0 Å². The van der Waals surface area contributed by atoms with Gasteiger partial charge in [0.05, 0.1) is 4.90 Å². The van der Waals surface area contributed by atoms with Crippen LogP contribution in [0.2, 0.25) is 0 Å². The van der Waals surface area contributed by atoms with Crippen molar-refractivity contribution in [3.05, 3.63) is 60.2 Å². The second kappa shape index (κ2) is 7.88. The van der Waals surface area contributed by atoms with Gasteiger partial charge in [0, 0.05) is 24.3 Å². The predicted octanol–water partition coefficient (Wildman–Crippen LogP) is 2.17. The van der Waals surface area contributed by atoms with Crippen LogP contribution < -0.4 is 10.0 Å². The molecule has 2 N–H and O–H groups in total. The van der Waals surface area contributed by atoms with Crippen molar-refractivity contribution in [2.24, 2.45) is 5.92 Å². The Bertz CT molecular complexity index is 869. The monoisotopic (exact) mass is 373 g/mol. The Morgan fingerprint density at radius 3 is 2.65 bits per heavy atom. The largest absolute Gasteiger partial charge is 0.338 e. The average Bonchev–Trinajstić information content (AvgIpc) is 3.11. The van der Waals surface area contributed by atoms with Gasteiger partial charge in [0.2, 0.25) is 0 Å². The van der Waals surface area contributed by atoms with E-state index >= 15 is 0 Å². The van der Waals surface area contributed by atoms with Crippen LogP contribution in [0.5, 0.6) is 0 Å². The highest BCUT2D eigenvalue weighted by Gasteiger charge is 2.26. The van der Waals surface area contributed by atoms with Gasteiger partial charge in [-0.15, -0.1) is 0 Å². The third-order valence-corrected chi connectivity index (χ3v) is 5.88. The number of sulfonamides is 1. The van der Waals surface area contributed by atoms with E-state index in [1.165, 1.54) is 12.1 Å². The lowest BCUT2D eigenvalue weighted by Gasteiger charge is -2.17. The Hall–Kier alpha value is -2.38. The van der Waals surface area contributed by atoms with Crippen molar-refractivity contribution in [3.63, 3.8) is 0 Å². The highest BCUT2D eigenvalue weighted by atomic mass is 32.2. The van der Waals surface area contributed by atoms with Crippen molar-refractivity contribution in [3.8, 4) is 0 Å². The number of rotatable bonds is 6. The third kappa shape index (κ3) is 4.23. The summed E-state index contributed by atoms with van der Waals surface area (Å²) in [4.78, 5) is 14.7. The van der Waals surface area contributed by atoms with E-state index in [0.717, 1.165) is 26.1 Å². The number of nitrogens with zero attached hydrogens (tertiary/aromatic N) is 1. The molecule has 2 aromatic carbocycles. The number of hydrogen-bond acceptors (Lipinski definition) is 4. The first-order chi connectivity index (χ1) is 12.5. The van der Waals surface area contributed by atoms with Crippen LogP contribution in [-0.2, 0) is 10.0 Å². The zero-order valence-corrected chi connectivity index (χ0v) is 15.5. The molecule has 1 atom stereocenters. The number of carbonyl (C=O) groups is 1. The van der Waals surface area contributed by atoms with Gasteiger partial charge in [-0.25, -0.2) is 8.42 Å². The van der Waals surface area contributed by atoms with Crippen LogP contribution in [0, 0.1) is 5.92 Å². The fourth-order valence-corrected chi connectivity index (χ4v) is 4.25. The lowest BCUT2D eigenvalue weighted by Crippen LogP contribution is -2.30. The summed E-state index contributed by atoms with van der Waals surface area (Å²) in [5.41, 5.74) is 0.869. The molecule has 1 saturated heterocycles. The topological polar surface area (TPSA) is 78.5 Å². The van der Waals surface area contributed by atoms with Crippen molar-refractivity contribution in [2.75, 3.05) is 31.4 Å². The quantitative estimate of drug-likeness (QED) is 0.813. The minimum Gasteiger partial charge on any atom is -0.338 e. The van der Waals surface area contributed by atoms with Crippen molar-refractivity contribution < 1.29 is 13.2 Å². The molecule has 6 nitrogen and oxygen atoms in total. The van der Waals surface area contributed by atoms with E-state index in [2.05, 4.69) is 10.0 Å². The van der Waals surface area contributed by atoms with Crippen LogP contribution in [0.15, 0.2) is 59.5 Å². The van der Waals surface area contributed by atoms with Crippen LogP contribution in [-0.4, -0.2) is 45.9 Å². The normalized spacial score (nSPS) is 17.3. The standard InChI is InChI=1S/C19H23N3O3S/c1-20-13-15-10-11-22(14-15)19(23)16-6-5-7-17(12-16)21-26(24,25)18-8-3-2-4-9-18/h2-9,12,15,20-21H,10-11,13-14H2,1H3. The molecule has 2 aromatic rings. The van der Waals surface area contributed by atoms with Gasteiger partial charge < -0.3 is 10.2 Å². The van der Waals surface area contributed by atoms with Gasteiger partial charge in [-0.1, -0.05) is 24.3 Å². The molecule has 0 spiro atoms. The molecule has 0 aliphatic carbocycles. The van der Waals surface area contributed by atoms with E-state index in [1.54, 1.807) is 42.5 Å². The first kappa shape index (κ1) is 18.4. The van der Waals surface area contributed by atoms with Gasteiger partial charge in [-0.3, -0.25) is 9.52 Å². The molecule has 1 unspecified atom stereocenters. The molecule has 1 heterocycles. The molecule has 3 rings (SSSR count). The maximum atomic E-state index is 12.7. The highest BCUT2D eigenvalue weighted by Crippen LogP contribution is 2.21. The Labute approximate surface area is 154 Å². The zero-order valence-electron chi connectivity index (χ0n) is 14.7. The Morgan fingerprint density at radius 2 is 1.92 bits per heavy atom. The second-order valence-corrected chi connectivity index (χ2v) is 8.15. The minimum atomic E-state index is -3.67. The number of anilines is 1. The van der Waals surface area contributed by atoms with Gasteiger partial charge in [0.25, 0.3) is 15.9 Å². The van der Waals surface area contributed by atoms with Crippen molar-refractivity contribution in [1.29, 1.82) is 0 Å². The molecule has 0 aromatic heterocycles. The summed E-state index contributed by atoms with van der Waals surface area (Å²) in [6.07, 6.45) is 0.979. The van der Waals surface area contributed by atoms with Crippen LogP contribution in [0.1, 0.15) is 16.8 Å². The molecular formula is C19H23N3O3S. The van der Waals surface area contributed by atoms with E-state index in [-0.39, 0.29) is 10.8 Å². The van der Waals surface area contributed by atoms with Crippen LogP contribution >= 0.6 is 0 Å². The fraction of sp³-hybridized carbons (Fsp3) is 0.316. The lowest BCUT2D eigenvalue weighted by atomic mass is 10.1. The van der Waals surface area contributed by atoms with E-state index in [0.29, 0.717) is 17.2 Å². The maximum Gasteiger partial charge on any atom is 0.261 e. The molecule has 0 radical (unpaired) electrons. The molecule has 0 bridgehead atoms. The first-order valence-corrected chi connectivity index (χ1v) is 10.1. The number of carbonyl (C=O) groups excluding carboxylic acids is 1. The van der Waals surface area contributed by atoms with Gasteiger partial charge in [0.15, 0.2) is 0 Å². The van der Waals surface area contributed by atoms with Crippen LogP contribution in [0.25, 0.3) is 0 Å². The maximum absolute atomic E-state index is 12.7. The molecule has 1 fully saturated rings. The lowest BCUT2D eigenvalue weighted by molar-refractivity contribution is 0.0787. The molecule has 26 heavy (non-hydrogen) atoms.